The SMILES string of the molecule is Bc1ccc(NC(=O)C(NCC(=O)N2CCOCC2)c2ccc(/C=C/C(=O)Nc3ccccc3N)cc2)cc1. The Bertz CT molecular complexity index is 1320. The van der Waals surface area contributed by atoms with Crippen molar-refractivity contribution in [3.05, 3.63) is 90.0 Å². The summed E-state index contributed by atoms with van der Waals surface area (Å²) < 4.78 is 5.32. The van der Waals surface area contributed by atoms with Crippen LogP contribution in [0.15, 0.2) is 78.9 Å². The normalized spacial score (nSPS) is 14.1. The molecule has 1 atom stereocenters. The zero-order chi connectivity index (χ0) is 27.6. The van der Waals surface area contributed by atoms with Gasteiger partial charge in [-0.1, -0.05) is 54.0 Å². The van der Waals surface area contributed by atoms with E-state index in [1.807, 2.05) is 44.2 Å². The van der Waals surface area contributed by atoms with Crippen molar-refractivity contribution in [3.8, 4) is 0 Å². The standard InChI is InChI=1S/C29H32BN5O4/c30-22-10-12-23(13-11-22)33-29(38)28(32-19-27(37)35-15-17-39-18-16-35)21-8-5-20(6-9-21)7-14-26(36)34-25-4-2-1-3-24(25)31/h1-14,28,32H,15-19,30-31H2,(H,33,38)(H,34,36)/b14-7+. The Morgan fingerprint density at radius 1 is 0.949 bits per heavy atom. The smallest absolute Gasteiger partial charge is 0.248 e. The summed E-state index contributed by atoms with van der Waals surface area (Å²) in [7, 11) is 1.98. The second-order valence-electron chi connectivity index (χ2n) is 9.24. The maximum Gasteiger partial charge on any atom is 0.248 e. The molecule has 1 fully saturated rings. The van der Waals surface area contributed by atoms with Crippen LogP contribution in [-0.2, 0) is 19.1 Å². The summed E-state index contributed by atoms with van der Waals surface area (Å²) in [5, 5.41) is 8.81. The number of benzene rings is 3. The zero-order valence-corrected chi connectivity index (χ0v) is 21.9. The predicted octanol–water partition coefficient (Wildman–Crippen LogP) is 1.31. The van der Waals surface area contributed by atoms with Crippen LogP contribution < -0.4 is 27.1 Å². The van der Waals surface area contributed by atoms with Gasteiger partial charge in [0, 0.05) is 24.9 Å². The van der Waals surface area contributed by atoms with Crippen LogP contribution in [0.25, 0.3) is 6.08 Å². The molecule has 3 amide bonds. The van der Waals surface area contributed by atoms with Gasteiger partial charge in [-0.2, -0.15) is 0 Å². The maximum atomic E-state index is 13.3. The molecule has 0 spiro atoms. The molecule has 3 aromatic rings. The molecule has 4 rings (SSSR count). The first-order valence-corrected chi connectivity index (χ1v) is 12.8. The van der Waals surface area contributed by atoms with Gasteiger partial charge in [0.2, 0.25) is 17.7 Å². The summed E-state index contributed by atoms with van der Waals surface area (Å²) in [6.45, 7) is 2.10. The number of ether oxygens (including phenoxy) is 1. The fourth-order valence-electron chi connectivity index (χ4n) is 4.08. The molecule has 1 aliphatic rings. The van der Waals surface area contributed by atoms with Crippen LogP contribution >= 0.6 is 0 Å². The van der Waals surface area contributed by atoms with Gasteiger partial charge in [-0.05, 0) is 41.5 Å². The number of rotatable bonds is 9. The van der Waals surface area contributed by atoms with Crippen LogP contribution in [0.2, 0.25) is 0 Å². The fourth-order valence-corrected chi connectivity index (χ4v) is 4.08. The molecule has 0 aromatic heterocycles. The molecule has 1 aliphatic heterocycles. The van der Waals surface area contributed by atoms with Gasteiger partial charge in [0.15, 0.2) is 0 Å². The number of nitrogens with zero attached hydrogens (tertiary/aromatic N) is 1. The summed E-state index contributed by atoms with van der Waals surface area (Å²) in [5.41, 5.74) is 10.1. The lowest BCUT2D eigenvalue weighted by Crippen LogP contribution is -2.46. The minimum atomic E-state index is -0.765. The summed E-state index contributed by atoms with van der Waals surface area (Å²) in [5.74, 6) is -0.677. The largest absolute Gasteiger partial charge is 0.397 e. The van der Waals surface area contributed by atoms with Gasteiger partial charge in [-0.3, -0.25) is 19.7 Å². The lowest BCUT2D eigenvalue weighted by Gasteiger charge is -2.28. The van der Waals surface area contributed by atoms with Crippen molar-refractivity contribution in [2.45, 2.75) is 6.04 Å². The zero-order valence-electron chi connectivity index (χ0n) is 21.9. The van der Waals surface area contributed by atoms with E-state index in [0.29, 0.717) is 48.9 Å². The lowest BCUT2D eigenvalue weighted by atomic mass is 9.96. The van der Waals surface area contributed by atoms with Crippen molar-refractivity contribution in [1.82, 2.24) is 10.2 Å². The first-order valence-electron chi connectivity index (χ1n) is 12.8. The summed E-state index contributed by atoms with van der Waals surface area (Å²) in [6, 6.07) is 21.0. The number of anilines is 3. The third kappa shape index (κ3) is 8.04. The van der Waals surface area contributed by atoms with Crippen molar-refractivity contribution in [2.75, 3.05) is 49.2 Å². The topological polar surface area (TPSA) is 126 Å². The van der Waals surface area contributed by atoms with Crippen LogP contribution in [0.5, 0.6) is 0 Å². The minimum Gasteiger partial charge on any atom is -0.397 e. The van der Waals surface area contributed by atoms with Crippen molar-refractivity contribution in [1.29, 1.82) is 0 Å². The van der Waals surface area contributed by atoms with E-state index in [-0.39, 0.29) is 24.3 Å². The van der Waals surface area contributed by atoms with E-state index in [2.05, 4.69) is 16.0 Å². The molecule has 1 unspecified atom stereocenters. The second kappa shape index (κ2) is 13.4. The van der Waals surface area contributed by atoms with Crippen molar-refractivity contribution in [2.24, 2.45) is 0 Å². The highest BCUT2D eigenvalue weighted by Gasteiger charge is 2.24. The molecule has 0 aliphatic carbocycles. The number of nitrogens with two attached hydrogens (primary N) is 1. The van der Waals surface area contributed by atoms with Crippen LogP contribution in [-0.4, -0.2) is 63.3 Å². The van der Waals surface area contributed by atoms with Crippen LogP contribution in [0.3, 0.4) is 0 Å². The van der Waals surface area contributed by atoms with Gasteiger partial charge in [-0.25, -0.2) is 0 Å². The van der Waals surface area contributed by atoms with Crippen molar-refractivity contribution >= 4 is 54.2 Å². The van der Waals surface area contributed by atoms with Gasteiger partial charge in [-0.15, -0.1) is 0 Å². The average Bonchev–Trinajstić information content (AvgIpc) is 2.95. The molecule has 0 radical (unpaired) electrons. The highest BCUT2D eigenvalue weighted by molar-refractivity contribution is 6.32. The Hall–Kier alpha value is -4.41. The van der Waals surface area contributed by atoms with E-state index < -0.39 is 6.04 Å². The Morgan fingerprint density at radius 3 is 2.33 bits per heavy atom. The molecule has 1 heterocycles. The third-order valence-electron chi connectivity index (χ3n) is 6.32. The van der Waals surface area contributed by atoms with E-state index in [9.17, 15) is 14.4 Å². The van der Waals surface area contributed by atoms with Gasteiger partial charge in [0.25, 0.3) is 0 Å². The molecule has 9 nitrogen and oxygen atoms in total. The lowest BCUT2D eigenvalue weighted by molar-refractivity contribution is -0.134. The third-order valence-corrected chi connectivity index (χ3v) is 6.32. The van der Waals surface area contributed by atoms with E-state index in [4.69, 9.17) is 10.5 Å². The molecule has 1 saturated heterocycles. The second-order valence-corrected chi connectivity index (χ2v) is 9.24. The fraction of sp³-hybridized carbons (Fsp3) is 0.207. The van der Waals surface area contributed by atoms with Gasteiger partial charge < -0.3 is 26.0 Å². The Balaban J connectivity index is 1.44. The number of hydrogen-bond acceptors (Lipinski definition) is 6. The number of nitrogens with one attached hydrogen (secondary N) is 3. The Labute approximate surface area is 228 Å². The number of amides is 3. The number of hydrogen-bond donors (Lipinski definition) is 4. The molecular weight excluding hydrogens is 493 g/mol. The first kappa shape index (κ1) is 27.6. The number of carbonyl (C=O) groups excluding carboxylic acids is 3. The average molecular weight is 525 g/mol. The Morgan fingerprint density at radius 2 is 1.64 bits per heavy atom. The predicted molar refractivity (Wildman–Crippen MR) is 156 cm³/mol. The first-order chi connectivity index (χ1) is 18.9. The summed E-state index contributed by atoms with van der Waals surface area (Å²) >= 11 is 0. The maximum absolute atomic E-state index is 13.3. The van der Waals surface area contributed by atoms with Gasteiger partial charge in [0.05, 0.1) is 31.1 Å². The van der Waals surface area contributed by atoms with Crippen LogP contribution in [0, 0.1) is 0 Å². The quantitative estimate of drug-likeness (QED) is 0.190. The van der Waals surface area contributed by atoms with Crippen molar-refractivity contribution in [3.63, 3.8) is 0 Å². The van der Waals surface area contributed by atoms with E-state index >= 15 is 0 Å². The minimum absolute atomic E-state index is 0.0103. The molecule has 0 saturated carbocycles. The molecule has 10 heteroatoms. The van der Waals surface area contributed by atoms with Crippen LogP contribution in [0.4, 0.5) is 17.1 Å². The monoisotopic (exact) mass is 525 g/mol. The van der Waals surface area contributed by atoms with Gasteiger partial charge >= 0.3 is 0 Å². The molecular formula is C29H32BN5O4. The number of nitrogen functional groups attached to an aromatic ring is 1. The molecule has 0 bridgehead atoms. The number of carbonyl (C=O) groups is 3. The van der Waals surface area contributed by atoms with E-state index in [1.54, 1.807) is 47.4 Å². The number of morpholine rings is 1. The highest BCUT2D eigenvalue weighted by Crippen LogP contribution is 2.19. The highest BCUT2D eigenvalue weighted by atomic mass is 16.5. The van der Waals surface area contributed by atoms with E-state index in [0.717, 1.165) is 11.0 Å². The van der Waals surface area contributed by atoms with Gasteiger partial charge in [0.1, 0.15) is 13.9 Å². The van der Waals surface area contributed by atoms with Crippen LogP contribution in [0.1, 0.15) is 17.2 Å². The molecule has 200 valence electrons. The Kier molecular flexibility index (Phi) is 9.50. The van der Waals surface area contributed by atoms with Crippen molar-refractivity contribution < 1.29 is 19.1 Å². The number of para-hydroxylation sites is 2. The summed E-state index contributed by atoms with van der Waals surface area (Å²) in [6.07, 6.45) is 3.09. The molecule has 39 heavy (non-hydrogen) atoms. The van der Waals surface area contributed by atoms with E-state index in [1.165, 1.54) is 6.08 Å². The summed E-state index contributed by atoms with van der Waals surface area (Å²) in [4.78, 5) is 40.1. The molecule has 5 N–H and O–H groups in total. The molecule has 3 aromatic carbocycles.